The third-order valence-corrected chi connectivity index (χ3v) is 1.43. The minimum Gasteiger partial charge on any atom is -0.486 e. The number of nitrogens with one attached hydrogen (secondary N) is 2. The quantitative estimate of drug-likeness (QED) is 0.458. The summed E-state index contributed by atoms with van der Waals surface area (Å²) in [5, 5.41) is 4.95. The Bertz CT molecular complexity index is 146. The minimum absolute atomic E-state index is 0. The van der Waals surface area contributed by atoms with Crippen LogP contribution in [0.25, 0.3) is 0 Å². The summed E-state index contributed by atoms with van der Waals surface area (Å²) in [5.74, 6) is 0.420. The number of hydrogen-bond donors (Lipinski definition) is 2. The van der Waals surface area contributed by atoms with Gasteiger partial charge in [-0.05, 0) is 6.54 Å². The van der Waals surface area contributed by atoms with Crippen molar-refractivity contribution in [2.75, 3.05) is 13.1 Å². The second kappa shape index (κ2) is 5.69. The zero-order valence-corrected chi connectivity index (χ0v) is 8.85. The first kappa shape index (κ1) is 11.1. The van der Waals surface area contributed by atoms with E-state index in [1.165, 1.54) is 6.41 Å². The molecule has 2 amide bonds. The van der Waals surface area contributed by atoms with Crippen LogP contribution in [0, 0.1) is 5.92 Å². The molecule has 0 aromatic heterocycles. The van der Waals surface area contributed by atoms with Crippen LogP contribution in [0.1, 0.15) is 6.42 Å². The predicted molar refractivity (Wildman–Crippen MR) is 34.6 cm³/mol. The molecule has 1 aliphatic rings. The molecule has 1 saturated heterocycles. The van der Waals surface area contributed by atoms with E-state index in [-0.39, 0.29) is 38.6 Å². The van der Waals surface area contributed by atoms with Crippen LogP contribution < -0.4 is 10.6 Å². The molecule has 59 valence electrons. The molecule has 0 aromatic rings. The number of rotatable bonds is 2. The van der Waals surface area contributed by atoms with Gasteiger partial charge in [-0.15, -0.1) is 6.54 Å². The van der Waals surface area contributed by atoms with Crippen LogP contribution in [0.2, 0.25) is 0 Å². The van der Waals surface area contributed by atoms with Gasteiger partial charge in [0.15, 0.2) is 0 Å². The number of imide groups is 1. The predicted octanol–water partition coefficient (Wildman–Crippen LogP) is -1.26. The molecule has 0 atom stereocenters. The molecule has 0 aliphatic carbocycles. The van der Waals surface area contributed by atoms with Crippen LogP contribution in [0.3, 0.4) is 0 Å². The summed E-state index contributed by atoms with van der Waals surface area (Å²) in [6.45, 7) is 1.41. The topological polar surface area (TPSA) is 58.2 Å². The number of carbonyl (C=O) groups is 1. The molecule has 1 heterocycles. The van der Waals surface area contributed by atoms with E-state index in [0.717, 1.165) is 18.9 Å². The van der Waals surface area contributed by atoms with E-state index >= 15 is 0 Å². The zero-order chi connectivity index (χ0) is 7.40. The smallest absolute Gasteiger partial charge is 0.0694 e. The molecule has 0 saturated carbocycles. The first-order chi connectivity index (χ1) is 4.84. The van der Waals surface area contributed by atoms with E-state index in [0.29, 0.717) is 6.54 Å². The molecule has 1 fully saturated rings. The molecule has 0 aromatic carbocycles. The Labute approximate surface area is 90.4 Å². The van der Waals surface area contributed by atoms with E-state index in [2.05, 4.69) is 5.32 Å². The number of amides is 2. The van der Waals surface area contributed by atoms with Gasteiger partial charge in [0.2, 0.25) is 0 Å². The van der Waals surface area contributed by atoms with Crippen molar-refractivity contribution in [2.24, 2.45) is 0 Å². The summed E-state index contributed by atoms with van der Waals surface area (Å²) in [5.41, 5.74) is 0. The largest absolute Gasteiger partial charge is 0.486 e. The molecule has 1 aliphatic heterocycles. The second-order valence-electron chi connectivity index (χ2n) is 2.09. The van der Waals surface area contributed by atoms with Crippen LogP contribution in [0.5, 0.6) is 0 Å². The summed E-state index contributed by atoms with van der Waals surface area (Å²) >= 11 is 0. The molecule has 0 bridgehead atoms. The Kier molecular flexibility index (Phi) is 5.73. The summed E-state index contributed by atoms with van der Waals surface area (Å²) in [7, 11) is 0. The average molecular weight is 229 g/mol. The van der Waals surface area contributed by atoms with Gasteiger partial charge in [-0.2, -0.15) is 6.42 Å². The molecule has 0 spiro atoms. The third kappa shape index (κ3) is 3.32. The first-order valence-electron chi connectivity index (χ1n) is 3.07. The zero-order valence-electron chi connectivity index (χ0n) is 6.02. The standard InChI is InChI=1S/C6H8N2O2.Y/c9-4-8-6(10)5-1-2-7-3-5;/h7H,1-3H2,(H,8,9,10);/q-2;. The van der Waals surface area contributed by atoms with Gasteiger partial charge in [-0.3, -0.25) is 0 Å². The summed E-state index contributed by atoms with van der Waals surface area (Å²) < 4.78 is 0. The molecule has 1 radical (unpaired) electrons. The van der Waals surface area contributed by atoms with Crippen molar-refractivity contribution in [3.8, 4) is 0 Å². The summed E-state index contributed by atoms with van der Waals surface area (Å²) in [6, 6.07) is 0. The van der Waals surface area contributed by atoms with Crippen molar-refractivity contribution >= 4 is 12.3 Å². The monoisotopic (exact) mass is 229 g/mol. The maximum absolute atomic E-state index is 10.8. The van der Waals surface area contributed by atoms with Gasteiger partial charge in [0.25, 0.3) is 0 Å². The van der Waals surface area contributed by atoms with Crippen LogP contribution >= 0.6 is 0 Å². The van der Waals surface area contributed by atoms with Crippen LogP contribution in [-0.2, 0) is 42.3 Å². The Morgan fingerprint density at radius 3 is 2.82 bits per heavy atom. The van der Waals surface area contributed by atoms with E-state index in [1.807, 2.05) is 5.32 Å². The number of hydrogen-bond acceptors (Lipinski definition) is 3. The normalized spacial score (nSPS) is 15.5. The molecule has 11 heavy (non-hydrogen) atoms. The van der Waals surface area contributed by atoms with E-state index < -0.39 is 0 Å². The van der Waals surface area contributed by atoms with Gasteiger partial charge in [0.1, 0.15) is 0 Å². The Morgan fingerprint density at radius 2 is 2.36 bits per heavy atom. The van der Waals surface area contributed by atoms with Crippen molar-refractivity contribution in [1.29, 1.82) is 0 Å². The molecule has 4 nitrogen and oxygen atoms in total. The maximum Gasteiger partial charge on any atom is 0.0694 e. The molecular formula is C6H8N2O2Y-2. The van der Waals surface area contributed by atoms with Gasteiger partial charge in [0.05, 0.1) is 6.41 Å². The van der Waals surface area contributed by atoms with Gasteiger partial charge in [0, 0.05) is 32.7 Å². The van der Waals surface area contributed by atoms with Gasteiger partial charge >= 0.3 is 0 Å². The number of carbonyl (C=O) groups excluding carboxylic acids is 2. The fourth-order valence-electron chi connectivity index (χ4n) is 0.895. The van der Waals surface area contributed by atoms with Crippen molar-refractivity contribution < 1.29 is 42.3 Å². The molecule has 1 rings (SSSR count). The van der Waals surface area contributed by atoms with Crippen LogP contribution in [0.4, 0.5) is 0 Å². The third-order valence-electron chi connectivity index (χ3n) is 1.43. The second-order valence-corrected chi connectivity index (χ2v) is 2.09. The fourth-order valence-corrected chi connectivity index (χ4v) is 0.895. The van der Waals surface area contributed by atoms with Crippen LogP contribution in [0.15, 0.2) is 0 Å². The van der Waals surface area contributed by atoms with E-state index in [1.54, 1.807) is 0 Å². The van der Waals surface area contributed by atoms with E-state index in [4.69, 9.17) is 0 Å². The average Bonchev–Trinajstić information content (AvgIpc) is 2.38. The van der Waals surface area contributed by atoms with Crippen LogP contribution in [-0.4, -0.2) is 25.4 Å². The van der Waals surface area contributed by atoms with Gasteiger partial charge in [-0.25, -0.2) is 0 Å². The Balaban J connectivity index is 0.000001000. The molecule has 5 heteroatoms. The Morgan fingerprint density at radius 1 is 1.64 bits per heavy atom. The molecular weight excluding hydrogens is 221 g/mol. The van der Waals surface area contributed by atoms with E-state index in [9.17, 15) is 9.59 Å². The minimum atomic E-state index is -0.306. The van der Waals surface area contributed by atoms with Crippen molar-refractivity contribution in [2.45, 2.75) is 6.42 Å². The molecule has 0 unspecified atom stereocenters. The van der Waals surface area contributed by atoms with Crippen molar-refractivity contribution in [3.05, 3.63) is 5.92 Å². The molecule has 2 N–H and O–H groups in total. The SMILES string of the molecule is O=[C-]NC(=O)[C-]1CCNC1.[Y]. The van der Waals surface area contributed by atoms with Gasteiger partial charge in [-0.1, -0.05) is 5.91 Å². The fraction of sp³-hybridized carbons (Fsp3) is 0.500. The van der Waals surface area contributed by atoms with Crippen molar-refractivity contribution in [1.82, 2.24) is 10.6 Å². The summed E-state index contributed by atoms with van der Waals surface area (Å²) in [4.78, 5) is 20.5. The first-order valence-corrected chi connectivity index (χ1v) is 3.07. The Hall–Kier alpha value is 0.0739. The van der Waals surface area contributed by atoms with Gasteiger partial charge < -0.3 is 26.1 Å². The van der Waals surface area contributed by atoms with Crippen molar-refractivity contribution in [3.63, 3.8) is 0 Å². The summed E-state index contributed by atoms with van der Waals surface area (Å²) in [6.07, 6.45) is 2.08. The maximum atomic E-state index is 10.8.